The average Bonchev–Trinajstić information content (AvgIpc) is 3.10. The minimum absolute atomic E-state index is 0.0266. The fourth-order valence-corrected chi connectivity index (χ4v) is 3.60. The number of nitrogens with zero attached hydrogens (tertiary/aromatic N) is 4. The van der Waals surface area contributed by atoms with Crippen molar-refractivity contribution >= 4 is 45.5 Å². The van der Waals surface area contributed by atoms with E-state index in [1.165, 1.54) is 41.0 Å². The first kappa shape index (κ1) is 17.8. The number of amides is 1. The number of benzene rings is 2. The summed E-state index contributed by atoms with van der Waals surface area (Å²) in [6.07, 6.45) is 1.42. The van der Waals surface area contributed by atoms with E-state index in [1.54, 1.807) is 6.07 Å². The summed E-state index contributed by atoms with van der Waals surface area (Å²) in [5.41, 5.74) is 2.36. The maximum atomic E-state index is 12.4. The molecule has 1 N–H and O–H groups in total. The molecule has 0 fully saturated rings. The molecule has 2 aliphatic rings. The predicted octanol–water partition coefficient (Wildman–Crippen LogP) is 3.57. The Morgan fingerprint density at radius 2 is 1.96 bits per heavy atom. The summed E-state index contributed by atoms with van der Waals surface area (Å²) in [4.78, 5) is 26.9. The number of nitrogens with one attached hydrogen (secondary N) is 1. The number of carbonyl (C=O) groups is 1. The predicted molar refractivity (Wildman–Crippen MR) is 108 cm³/mol. The van der Waals surface area contributed by atoms with Crippen LogP contribution in [0, 0.1) is 22.4 Å². The van der Waals surface area contributed by atoms with Crippen LogP contribution in [0.25, 0.3) is 6.08 Å². The number of nitro groups is 1. The normalized spacial score (nSPS) is 17.5. The lowest BCUT2D eigenvalue weighted by atomic mass is 10.1. The van der Waals surface area contributed by atoms with Gasteiger partial charge in [-0.25, -0.2) is 0 Å². The number of non-ortho nitro benzene ring substituents is 1. The minimum atomic E-state index is -0.574. The number of carbonyl (C=O) groups excluding carboxylic acids is 1. The molecular weight excluding hydrogens is 378 g/mol. The fraction of sp³-hybridized carbons (Fsp3) is 0.0526. The average molecular weight is 391 g/mol. The molecule has 0 aliphatic carbocycles. The van der Waals surface area contributed by atoms with Crippen LogP contribution in [0.4, 0.5) is 5.69 Å². The van der Waals surface area contributed by atoms with Crippen molar-refractivity contribution in [3.63, 3.8) is 0 Å². The highest BCUT2D eigenvalue weighted by Crippen LogP contribution is 2.31. The molecular formula is C19H13N5O3S. The molecule has 0 saturated carbocycles. The van der Waals surface area contributed by atoms with Crippen LogP contribution in [0.3, 0.4) is 0 Å². The van der Waals surface area contributed by atoms with E-state index >= 15 is 0 Å². The summed E-state index contributed by atoms with van der Waals surface area (Å²) in [7, 11) is 0. The Hall–Kier alpha value is -3.59. The van der Waals surface area contributed by atoms with E-state index < -0.39 is 10.8 Å². The van der Waals surface area contributed by atoms with Crippen LogP contribution in [0.2, 0.25) is 0 Å². The van der Waals surface area contributed by atoms with Crippen molar-refractivity contribution in [1.29, 1.82) is 5.41 Å². The van der Waals surface area contributed by atoms with E-state index in [1.807, 2.05) is 31.2 Å². The molecule has 2 aliphatic heterocycles. The van der Waals surface area contributed by atoms with Gasteiger partial charge in [0.25, 0.3) is 11.6 Å². The second kappa shape index (κ2) is 6.86. The summed E-state index contributed by atoms with van der Waals surface area (Å²) in [6.45, 7) is 1.99. The Balaban J connectivity index is 1.68. The van der Waals surface area contributed by atoms with E-state index in [0.717, 1.165) is 11.1 Å². The highest BCUT2D eigenvalue weighted by Gasteiger charge is 2.36. The van der Waals surface area contributed by atoms with E-state index in [-0.39, 0.29) is 17.1 Å². The molecule has 2 aromatic rings. The SMILES string of the molecule is Cc1ccc(C2=NN3C(=N)C(=Cc4cccc([N+](=O)[O-])c4)C(=O)N=C3S2)cc1. The van der Waals surface area contributed by atoms with Crippen LogP contribution < -0.4 is 0 Å². The molecule has 1 amide bonds. The van der Waals surface area contributed by atoms with Crippen LogP contribution >= 0.6 is 11.8 Å². The number of aliphatic imine (C=N–C) groups is 1. The van der Waals surface area contributed by atoms with Crippen LogP contribution in [0.1, 0.15) is 16.7 Å². The molecule has 0 unspecified atom stereocenters. The Bertz CT molecular complexity index is 1120. The van der Waals surface area contributed by atoms with Crippen molar-refractivity contribution in [2.75, 3.05) is 0 Å². The summed E-state index contributed by atoms with van der Waals surface area (Å²) < 4.78 is 0. The largest absolute Gasteiger partial charge is 0.283 e. The number of nitro benzene ring substituents is 1. The smallest absolute Gasteiger partial charge is 0.282 e. The third kappa shape index (κ3) is 3.23. The van der Waals surface area contributed by atoms with Gasteiger partial charge in [0.15, 0.2) is 5.84 Å². The summed E-state index contributed by atoms with van der Waals surface area (Å²) in [6, 6.07) is 13.6. The number of amidine groups is 2. The minimum Gasteiger partial charge on any atom is -0.282 e. The number of hydrazone groups is 1. The number of aryl methyl sites for hydroxylation is 1. The van der Waals surface area contributed by atoms with Crippen molar-refractivity contribution in [2.45, 2.75) is 6.92 Å². The molecule has 2 heterocycles. The van der Waals surface area contributed by atoms with Crippen LogP contribution in [-0.2, 0) is 4.79 Å². The highest BCUT2D eigenvalue weighted by atomic mass is 32.2. The van der Waals surface area contributed by atoms with Crippen LogP contribution in [0.15, 0.2) is 64.2 Å². The Morgan fingerprint density at radius 3 is 2.68 bits per heavy atom. The van der Waals surface area contributed by atoms with Crippen molar-refractivity contribution in [3.05, 3.63) is 80.9 Å². The van der Waals surface area contributed by atoms with Crippen molar-refractivity contribution < 1.29 is 9.72 Å². The molecule has 138 valence electrons. The first-order chi connectivity index (χ1) is 13.4. The third-order valence-corrected chi connectivity index (χ3v) is 5.10. The zero-order chi connectivity index (χ0) is 19.8. The maximum absolute atomic E-state index is 12.4. The maximum Gasteiger partial charge on any atom is 0.283 e. The molecule has 4 rings (SSSR count). The van der Waals surface area contributed by atoms with E-state index in [9.17, 15) is 14.9 Å². The van der Waals surface area contributed by atoms with Gasteiger partial charge in [-0.2, -0.15) is 15.1 Å². The number of fused-ring (bicyclic) bond motifs is 1. The van der Waals surface area contributed by atoms with E-state index in [0.29, 0.717) is 15.8 Å². The quantitative estimate of drug-likeness (QED) is 0.488. The number of thioether (sulfide) groups is 1. The lowest BCUT2D eigenvalue weighted by molar-refractivity contribution is -0.384. The lowest BCUT2D eigenvalue weighted by Gasteiger charge is -2.20. The molecule has 0 aromatic heterocycles. The summed E-state index contributed by atoms with van der Waals surface area (Å²) in [5.74, 6) is -0.688. The summed E-state index contributed by atoms with van der Waals surface area (Å²) >= 11 is 1.22. The topological polar surface area (TPSA) is 112 Å². The standard InChI is InChI=1S/C19H13N5O3S/c1-11-5-7-13(8-6-11)18-22-23-16(20)15(17(25)21-19(23)28-18)10-12-3-2-4-14(9-12)24(26)27/h2-10,20H,1H3. The number of hydrogen-bond donors (Lipinski definition) is 1. The summed E-state index contributed by atoms with van der Waals surface area (Å²) in [5, 5.41) is 26.0. The van der Waals surface area contributed by atoms with Gasteiger partial charge in [0.05, 0.1) is 10.5 Å². The lowest BCUT2D eigenvalue weighted by Crippen LogP contribution is -2.35. The van der Waals surface area contributed by atoms with Gasteiger partial charge in [0.2, 0.25) is 5.17 Å². The first-order valence-corrected chi connectivity index (χ1v) is 9.06. The van der Waals surface area contributed by atoms with Gasteiger partial charge in [-0.3, -0.25) is 20.3 Å². The van der Waals surface area contributed by atoms with Gasteiger partial charge in [-0.05, 0) is 30.3 Å². The molecule has 0 bridgehead atoms. The molecule has 0 saturated heterocycles. The monoisotopic (exact) mass is 391 g/mol. The van der Waals surface area contributed by atoms with Gasteiger partial charge in [0.1, 0.15) is 5.04 Å². The number of rotatable bonds is 3. The highest BCUT2D eigenvalue weighted by molar-refractivity contribution is 8.27. The van der Waals surface area contributed by atoms with Crippen LogP contribution in [-0.4, -0.2) is 31.9 Å². The first-order valence-electron chi connectivity index (χ1n) is 8.24. The van der Waals surface area contributed by atoms with Gasteiger partial charge in [0, 0.05) is 17.7 Å². The molecule has 9 heteroatoms. The number of hydrogen-bond acceptors (Lipinski definition) is 6. The Morgan fingerprint density at radius 1 is 1.21 bits per heavy atom. The molecule has 0 spiro atoms. The van der Waals surface area contributed by atoms with E-state index in [2.05, 4.69) is 10.1 Å². The van der Waals surface area contributed by atoms with Crippen LogP contribution in [0.5, 0.6) is 0 Å². The van der Waals surface area contributed by atoms with Gasteiger partial charge in [-0.15, -0.1) is 0 Å². The molecule has 8 nitrogen and oxygen atoms in total. The second-order valence-corrected chi connectivity index (χ2v) is 7.10. The molecule has 0 atom stereocenters. The van der Waals surface area contributed by atoms with Crippen molar-refractivity contribution in [3.8, 4) is 0 Å². The van der Waals surface area contributed by atoms with Gasteiger partial charge < -0.3 is 0 Å². The molecule has 0 radical (unpaired) electrons. The Labute approximate surface area is 163 Å². The zero-order valence-electron chi connectivity index (χ0n) is 14.6. The Kier molecular flexibility index (Phi) is 4.36. The van der Waals surface area contributed by atoms with Gasteiger partial charge >= 0.3 is 0 Å². The molecule has 2 aromatic carbocycles. The zero-order valence-corrected chi connectivity index (χ0v) is 15.4. The van der Waals surface area contributed by atoms with E-state index in [4.69, 9.17) is 5.41 Å². The second-order valence-electron chi connectivity index (χ2n) is 6.14. The fourth-order valence-electron chi connectivity index (χ4n) is 2.70. The van der Waals surface area contributed by atoms with Gasteiger partial charge in [-0.1, -0.05) is 42.0 Å². The third-order valence-electron chi connectivity index (χ3n) is 4.15. The van der Waals surface area contributed by atoms with Crippen molar-refractivity contribution in [1.82, 2.24) is 5.01 Å². The molecule has 28 heavy (non-hydrogen) atoms. The van der Waals surface area contributed by atoms with Crippen molar-refractivity contribution in [2.24, 2.45) is 10.1 Å².